The van der Waals surface area contributed by atoms with Crippen LogP contribution in [0.3, 0.4) is 0 Å². The summed E-state index contributed by atoms with van der Waals surface area (Å²) in [5.41, 5.74) is 2.94. The van der Waals surface area contributed by atoms with Gasteiger partial charge in [0.05, 0.1) is 16.7 Å². The molecule has 1 aromatic heterocycles. The number of anilines is 1. The highest BCUT2D eigenvalue weighted by molar-refractivity contribution is 7.99. The number of benzene rings is 1. The van der Waals surface area contributed by atoms with Crippen molar-refractivity contribution in [1.29, 1.82) is 0 Å². The molecular formula is C16H21N3S. The molecule has 2 atom stereocenters. The lowest BCUT2D eigenvalue weighted by molar-refractivity contribution is 0.760. The Balaban J connectivity index is 1.84. The molecule has 1 N–H and O–H groups in total. The zero-order valence-electron chi connectivity index (χ0n) is 12.1. The second-order valence-corrected chi connectivity index (χ2v) is 6.84. The number of para-hydroxylation sites is 2. The molecule has 0 saturated heterocycles. The molecule has 1 fully saturated rings. The number of hydrogen-bond donors (Lipinski definition) is 1. The lowest BCUT2D eigenvalue weighted by Gasteiger charge is -2.21. The second-order valence-electron chi connectivity index (χ2n) is 5.32. The van der Waals surface area contributed by atoms with Gasteiger partial charge in [0.1, 0.15) is 5.82 Å². The van der Waals surface area contributed by atoms with Gasteiger partial charge in [0, 0.05) is 11.3 Å². The van der Waals surface area contributed by atoms with Crippen LogP contribution in [0.25, 0.3) is 11.0 Å². The molecule has 2 unspecified atom stereocenters. The van der Waals surface area contributed by atoms with E-state index in [4.69, 9.17) is 4.98 Å². The van der Waals surface area contributed by atoms with Crippen molar-refractivity contribution in [2.75, 3.05) is 11.1 Å². The van der Waals surface area contributed by atoms with Gasteiger partial charge in [-0.2, -0.15) is 11.8 Å². The number of thioether (sulfide) groups is 1. The average Bonchev–Trinajstić information content (AvgIpc) is 2.87. The van der Waals surface area contributed by atoms with Crippen LogP contribution >= 0.6 is 11.8 Å². The van der Waals surface area contributed by atoms with E-state index in [0.717, 1.165) is 22.5 Å². The molecule has 0 amide bonds. The van der Waals surface area contributed by atoms with Crippen LogP contribution in [0.1, 0.15) is 31.9 Å². The first-order chi connectivity index (χ1) is 9.78. The van der Waals surface area contributed by atoms with Crippen LogP contribution in [-0.4, -0.2) is 27.0 Å². The molecule has 20 heavy (non-hydrogen) atoms. The summed E-state index contributed by atoms with van der Waals surface area (Å²) in [6.45, 7) is 4.28. The average molecular weight is 287 g/mol. The predicted molar refractivity (Wildman–Crippen MR) is 87.5 cm³/mol. The van der Waals surface area contributed by atoms with Crippen molar-refractivity contribution in [3.05, 3.63) is 30.0 Å². The molecule has 3 rings (SSSR count). The van der Waals surface area contributed by atoms with Crippen LogP contribution in [0.5, 0.6) is 0 Å². The Labute approximate surface area is 124 Å². The number of aryl methyl sites for hydroxylation is 1. The van der Waals surface area contributed by atoms with Crippen LogP contribution in [0.4, 0.5) is 5.82 Å². The van der Waals surface area contributed by atoms with Gasteiger partial charge in [0.15, 0.2) is 0 Å². The molecule has 1 aliphatic carbocycles. The van der Waals surface area contributed by atoms with Crippen molar-refractivity contribution >= 4 is 28.6 Å². The van der Waals surface area contributed by atoms with E-state index in [9.17, 15) is 0 Å². The summed E-state index contributed by atoms with van der Waals surface area (Å²) in [6, 6.07) is 8.61. The summed E-state index contributed by atoms with van der Waals surface area (Å²) in [6.07, 6.45) is 3.87. The highest BCUT2D eigenvalue weighted by Crippen LogP contribution is 2.32. The first-order valence-corrected chi connectivity index (χ1v) is 8.44. The first-order valence-electron chi connectivity index (χ1n) is 7.39. The molecule has 0 spiro atoms. The Morgan fingerprint density at radius 1 is 1.20 bits per heavy atom. The summed E-state index contributed by atoms with van der Waals surface area (Å²) >= 11 is 2.07. The van der Waals surface area contributed by atoms with Gasteiger partial charge >= 0.3 is 0 Å². The molecule has 1 saturated carbocycles. The normalized spacial score (nSPS) is 22.3. The Kier molecular flexibility index (Phi) is 4.10. The monoisotopic (exact) mass is 287 g/mol. The maximum absolute atomic E-state index is 4.75. The fraction of sp³-hybridized carbons (Fsp3) is 0.500. The maximum atomic E-state index is 4.75. The third-order valence-electron chi connectivity index (χ3n) is 3.90. The fourth-order valence-corrected chi connectivity index (χ4v) is 4.10. The van der Waals surface area contributed by atoms with E-state index >= 15 is 0 Å². The highest BCUT2D eigenvalue weighted by atomic mass is 32.2. The zero-order valence-corrected chi connectivity index (χ0v) is 12.9. The fourth-order valence-electron chi connectivity index (χ4n) is 2.91. The van der Waals surface area contributed by atoms with E-state index in [1.54, 1.807) is 0 Å². The minimum atomic E-state index is 0.536. The number of rotatable bonds is 4. The maximum Gasteiger partial charge on any atom is 0.148 e. The lowest BCUT2D eigenvalue weighted by atomic mass is 10.2. The largest absolute Gasteiger partial charge is 0.365 e. The molecule has 0 bridgehead atoms. The molecule has 0 aliphatic heterocycles. The third kappa shape index (κ3) is 2.75. The molecule has 1 aliphatic rings. The zero-order chi connectivity index (χ0) is 13.9. The van der Waals surface area contributed by atoms with Gasteiger partial charge in [-0.1, -0.05) is 25.5 Å². The number of hydrogen-bond acceptors (Lipinski definition) is 4. The van der Waals surface area contributed by atoms with Gasteiger partial charge in [0.25, 0.3) is 0 Å². The molecule has 106 valence electrons. The number of fused-ring (bicyclic) bond motifs is 1. The summed E-state index contributed by atoms with van der Waals surface area (Å²) in [4.78, 5) is 9.41. The molecule has 2 aromatic rings. The number of nitrogens with zero attached hydrogens (tertiary/aromatic N) is 2. The van der Waals surface area contributed by atoms with E-state index in [1.807, 2.05) is 31.2 Å². The molecule has 0 radical (unpaired) electrons. The highest BCUT2D eigenvalue weighted by Gasteiger charge is 2.27. The van der Waals surface area contributed by atoms with Crippen molar-refractivity contribution < 1.29 is 0 Å². The SMILES string of the molecule is CCSC1CCCC1Nc1nc2ccccc2nc1C. The van der Waals surface area contributed by atoms with E-state index in [2.05, 4.69) is 29.0 Å². The second kappa shape index (κ2) is 6.00. The van der Waals surface area contributed by atoms with Crippen molar-refractivity contribution in [3.63, 3.8) is 0 Å². The van der Waals surface area contributed by atoms with E-state index < -0.39 is 0 Å². The third-order valence-corrected chi connectivity index (χ3v) is 5.23. The first kappa shape index (κ1) is 13.7. The smallest absolute Gasteiger partial charge is 0.148 e. The predicted octanol–water partition coefficient (Wildman–Crippen LogP) is 4.02. The molecule has 3 nitrogen and oxygen atoms in total. The number of aromatic nitrogens is 2. The van der Waals surface area contributed by atoms with Crippen LogP contribution in [0.2, 0.25) is 0 Å². The van der Waals surface area contributed by atoms with Crippen LogP contribution in [0, 0.1) is 6.92 Å². The van der Waals surface area contributed by atoms with E-state index in [-0.39, 0.29) is 0 Å². The number of nitrogens with one attached hydrogen (secondary N) is 1. The Bertz CT molecular complexity index is 599. The van der Waals surface area contributed by atoms with Crippen molar-refractivity contribution in [2.45, 2.75) is 44.4 Å². The molecule has 1 heterocycles. The van der Waals surface area contributed by atoms with E-state index in [0.29, 0.717) is 11.3 Å². The van der Waals surface area contributed by atoms with Crippen LogP contribution in [0.15, 0.2) is 24.3 Å². The van der Waals surface area contributed by atoms with Gasteiger partial charge < -0.3 is 5.32 Å². The topological polar surface area (TPSA) is 37.8 Å². The van der Waals surface area contributed by atoms with Crippen molar-refractivity contribution in [1.82, 2.24) is 9.97 Å². The van der Waals surface area contributed by atoms with Gasteiger partial charge in [-0.05, 0) is 37.7 Å². The lowest BCUT2D eigenvalue weighted by Crippen LogP contribution is -2.27. The van der Waals surface area contributed by atoms with E-state index in [1.165, 1.54) is 25.0 Å². The quantitative estimate of drug-likeness (QED) is 0.921. The summed E-state index contributed by atoms with van der Waals surface area (Å²) in [7, 11) is 0. The van der Waals surface area contributed by atoms with Gasteiger partial charge in [-0.3, -0.25) is 0 Å². The Morgan fingerprint density at radius 2 is 1.95 bits per heavy atom. The molecule has 4 heteroatoms. The van der Waals surface area contributed by atoms with Gasteiger partial charge in [0.2, 0.25) is 0 Å². The molecule has 1 aromatic carbocycles. The molecular weight excluding hydrogens is 266 g/mol. The summed E-state index contributed by atoms with van der Waals surface area (Å²) in [5.74, 6) is 2.14. The van der Waals surface area contributed by atoms with Crippen molar-refractivity contribution in [3.8, 4) is 0 Å². The Morgan fingerprint density at radius 3 is 2.70 bits per heavy atom. The summed E-state index contributed by atoms with van der Waals surface area (Å²) < 4.78 is 0. The standard InChI is InChI=1S/C16H21N3S/c1-3-20-15-10-6-9-14(15)19-16-11(2)17-12-7-4-5-8-13(12)18-16/h4-5,7-8,14-15H,3,6,9-10H2,1-2H3,(H,18,19). The minimum absolute atomic E-state index is 0.536. The Hall–Kier alpha value is -1.29. The van der Waals surface area contributed by atoms with Crippen molar-refractivity contribution in [2.24, 2.45) is 0 Å². The van der Waals surface area contributed by atoms with Gasteiger partial charge in [-0.25, -0.2) is 9.97 Å². The van der Waals surface area contributed by atoms with Crippen LogP contribution in [-0.2, 0) is 0 Å². The minimum Gasteiger partial charge on any atom is -0.365 e. The van der Waals surface area contributed by atoms with Gasteiger partial charge in [-0.15, -0.1) is 0 Å². The summed E-state index contributed by atoms with van der Waals surface area (Å²) in [5, 5.41) is 4.36. The van der Waals surface area contributed by atoms with Crippen LogP contribution < -0.4 is 5.32 Å².